The number of hydrogen-bond acceptors (Lipinski definition) is 3. The van der Waals surface area contributed by atoms with Crippen LogP contribution in [0.3, 0.4) is 0 Å². The van der Waals surface area contributed by atoms with Crippen molar-refractivity contribution in [2.75, 3.05) is 26.7 Å². The number of carbonyl (C=O) groups is 2. The molecule has 170 valence electrons. The van der Waals surface area contributed by atoms with E-state index in [2.05, 4.69) is 17.0 Å². The molecule has 7 heteroatoms. The molecule has 2 fully saturated rings. The summed E-state index contributed by atoms with van der Waals surface area (Å²) in [6, 6.07) is 13.4. The van der Waals surface area contributed by atoms with Crippen LogP contribution in [0.15, 0.2) is 48.5 Å². The largest absolute Gasteiger partial charge is 0.481 e. The smallest absolute Gasteiger partial charge is 0.314 e. The molecule has 1 aliphatic carbocycles. The van der Waals surface area contributed by atoms with E-state index in [1.807, 2.05) is 30.1 Å². The lowest BCUT2D eigenvalue weighted by atomic mass is 9.79. The van der Waals surface area contributed by atoms with Crippen molar-refractivity contribution in [2.45, 2.75) is 37.1 Å². The SMILES string of the molecule is CC(=O)N(C)C1(c2ccccc2)CCN(CC2CC2(C(=O)O)c2ccc(F)c(F)c2)CC1. The van der Waals surface area contributed by atoms with Gasteiger partial charge in [0, 0.05) is 33.6 Å². The molecule has 1 saturated heterocycles. The standard InChI is InChI=1S/C25H28F2N2O3/c1-17(30)28(2)24(18-6-4-3-5-7-18)10-12-29(13-11-24)16-20-15-25(20,23(31)32)19-8-9-21(26)22(27)14-19/h3-9,14,20H,10-13,15-16H2,1-2H3,(H,31,32). The summed E-state index contributed by atoms with van der Waals surface area (Å²) < 4.78 is 27.1. The van der Waals surface area contributed by atoms with Crippen molar-refractivity contribution in [1.29, 1.82) is 0 Å². The molecule has 1 aliphatic heterocycles. The van der Waals surface area contributed by atoms with Gasteiger partial charge in [-0.25, -0.2) is 8.78 Å². The van der Waals surface area contributed by atoms with E-state index in [4.69, 9.17) is 0 Å². The zero-order valence-electron chi connectivity index (χ0n) is 18.4. The Labute approximate surface area is 186 Å². The molecule has 2 atom stereocenters. The molecule has 2 aliphatic rings. The van der Waals surface area contributed by atoms with E-state index >= 15 is 0 Å². The third-order valence-corrected chi connectivity index (χ3v) is 7.51. The second-order valence-corrected chi connectivity index (χ2v) is 9.08. The number of carboxylic acids is 1. The van der Waals surface area contributed by atoms with Crippen LogP contribution in [0.25, 0.3) is 0 Å². The van der Waals surface area contributed by atoms with Gasteiger partial charge in [0.05, 0.1) is 11.0 Å². The van der Waals surface area contributed by atoms with Crippen LogP contribution in [0, 0.1) is 17.6 Å². The number of hydrogen-bond donors (Lipinski definition) is 1. The van der Waals surface area contributed by atoms with E-state index < -0.39 is 28.6 Å². The summed E-state index contributed by atoms with van der Waals surface area (Å²) in [6.07, 6.45) is 1.89. The Bertz CT molecular complexity index is 1020. The fourth-order valence-corrected chi connectivity index (χ4v) is 5.35. The lowest BCUT2D eigenvalue weighted by Crippen LogP contribution is -2.53. The minimum absolute atomic E-state index is 0.00715. The molecule has 2 unspecified atom stereocenters. The summed E-state index contributed by atoms with van der Waals surface area (Å²) in [6.45, 7) is 3.58. The zero-order valence-corrected chi connectivity index (χ0v) is 18.4. The zero-order chi connectivity index (χ0) is 23.1. The van der Waals surface area contributed by atoms with Crippen LogP contribution in [0.1, 0.15) is 37.3 Å². The predicted octanol–water partition coefficient (Wildman–Crippen LogP) is 3.78. The molecule has 0 bridgehead atoms. The minimum atomic E-state index is -1.17. The van der Waals surface area contributed by atoms with Crippen molar-refractivity contribution < 1.29 is 23.5 Å². The van der Waals surface area contributed by atoms with Crippen LogP contribution in [0.4, 0.5) is 8.78 Å². The van der Waals surface area contributed by atoms with E-state index in [1.54, 1.807) is 6.92 Å². The summed E-state index contributed by atoms with van der Waals surface area (Å²) >= 11 is 0. The van der Waals surface area contributed by atoms with Crippen molar-refractivity contribution in [3.8, 4) is 0 Å². The maximum atomic E-state index is 13.8. The van der Waals surface area contributed by atoms with Crippen molar-refractivity contribution in [2.24, 2.45) is 5.92 Å². The number of piperidine rings is 1. The molecule has 1 heterocycles. The monoisotopic (exact) mass is 442 g/mol. The second-order valence-electron chi connectivity index (χ2n) is 9.08. The number of halogens is 2. The molecule has 32 heavy (non-hydrogen) atoms. The molecule has 5 nitrogen and oxygen atoms in total. The molecular formula is C25H28F2N2O3. The molecule has 4 rings (SSSR count). The lowest BCUT2D eigenvalue weighted by molar-refractivity contribution is -0.141. The topological polar surface area (TPSA) is 60.9 Å². The van der Waals surface area contributed by atoms with Gasteiger partial charge in [-0.2, -0.15) is 0 Å². The first-order chi connectivity index (χ1) is 15.2. The summed E-state index contributed by atoms with van der Waals surface area (Å²) in [5.74, 6) is -3.16. The summed E-state index contributed by atoms with van der Waals surface area (Å²) in [7, 11) is 1.84. The number of rotatable bonds is 6. The molecule has 0 aromatic heterocycles. The lowest BCUT2D eigenvalue weighted by Gasteiger charge is -2.47. The highest BCUT2D eigenvalue weighted by atomic mass is 19.2. The third-order valence-electron chi connectivity index (χ3n) is 7.51. The molecule has 0 radical (unpaired) electrons. The van der Waals surface area contributed by atoms with Gasteiger partial charge in [-0.3, -0.25) is 9.59 Å². The minimum Gasteiger partial charge on any atom is -0.481 e. The van der Waals surface area contributed by atoms with Gasteiger partial charge in [0.2, 0.25) is 5.91 Å². The van der Waals surface area contributed by atoms with E-state index in [9.17, 15) is 23.5 Å². The van der Waals surface area contributed by atoms with Crippen LogP contribution in [-0.4, -0.2) is 53.5 Å². The first kappa shape index (κ1) is 22.4. The van der Waals surface area contributed by atoms with Crippen molar-refractivity contribution in [3.05, 3.63) is 71.3 Å². The van der Waals surface area contributed by atoms with Crippen LogP contribution in [0.5, 0.6) is 0 Å². The quantitative estimate of drug-likeness (QED) is 0.740. The predicted molar refractivity (Wildman–Crippen MR) is 116 cm³/mol. The second kappa shape index (κ2) is 8.28. The van der Waals surface area contributed by atoms with Gasteiger partial charge in [0.25, 0.3) is 0 Å². The third kappa shape index (κ3) is 3.68. The van der Waals surface area contributed by atoms with Gasteiger partial charge in [-0.1, -0.05) is 36.4 Å². The maximum Gasteiger partial charge on any atom is 0.314 e. The van der Waals surface area contributed by atoms with Crippen molar-refractivity contribution >= 4 is 11.9 Å². The highest BCUT2D eigenvalue weighted by Gasteiger charge is 2.62. The van der Waals surface area contributed by atoms with Gasteiger partial charge >= 0.3 is 5.97 Å². The average molecular weight is 443 g/mol. The molecule has 1 N–H and O–H groups in total. The van der Waals surface area contributed by atoms with Gasteiger partial charge < -0.3 is 14.9 Å². The first-order valence-corrected chi connectivity index (χ1v) is 10.9. The number of carboxylic acid groups (broad SMARTS) is 1. The Morgan fingerprint density at radius 1 is 1.06 bits per heavy atom. The van der Waals surface area contributed by atoms with E-state index in [0.717, 1.165) is 43.6 Å². The summed E-state index contributed by atoms with van der Waals surface area (Å²) in [5.41, 5.74) is -0.137. The summed E-state index contributed by atoms with van der Waals surface area (Å²) in [4.78, 5) is 28.4. The van der Waals surface area contributed by atoms with Crippen LogP contribution in [-0.2, 0) is 20.5 Å². The number of amides is 1. The number of nitrogens with zero attached hydrogens (tertiary/aromatic N) is 2. The van der Waals surface area contributed by atoms with Gasteiger partial charge in [-0.15, -0.1) is 0 Å². The average Bonchev–Trinajstić information content (AvgIpc) is 3.51. The Hall–Kier alpha value is -2.80. The fraction of sp³-hybridized carbons (Fsp3) is 0.440. The van der Waals surface area contributed by atoms with Crippen LogP contribution < -0.4 is 0 Å². The Morgan fingerprint density at radius 2 is 1.72 bits per heavy atom. The van der Waals surface area contributed by atoms with Crippen LogP contribution in [0.2, 0.25) is 0 Å². The Morgan fingerprint density at radius 3 is 2.28 bits per heavy atom. The van der Waals surface area contributed by atoms with Crippen LogP contribution >= 0.6 is 0 Å². The summed E-state index contributed by atoms with van der Waals surface area (Å²) in [5, 5.41) is 9.90. The number of carbonyl (C=O) groups excluding carboxylic acids is 1. The number of aliphatic carboxylic acids is 1. The molecule has 1 saturated carbocycles. The fourth-order valence-electron chi connectivity index (χ4n) is 5.35. The molecule has 2 aromatic rings. The molecule has 0 spiro atoms. The van der Waals surface area contributed by atoms with Gasteiger partial charge in [-0.05, 0) is 48.4 Å². The number of benzene rings is 2. The highest BCUT2D eigenvalue weighted by Crippen LogP contribution is 2.55. The van der Waals surface area contributed by atoms with Crippen molar-refractivity contribution in [1.82, 2.24) is 9.80 Å². The highest BCUT2D eigenvalue weighted by molar-refractivity contribution is 5.86. The maximum absolute atomic E-state index is 13.8. The molecule has 1 amide bonds. The Kier molecular flexibility index (Phi) is 5.79. The van der Waals surface area contributed by atoms with E-state index in [0.29, 0.717) is 18.5 Å². The molecular weight excluding hydrogens is 414 g/mol. The van der Waals surface area contributed by atoms with E-state index in [-0.39, 0.29) is 11.8 Å². The van der Waals surface area contributed by atoms with Crippen molar-refractivity contribution in [3.63, 3.8) is 0 Å². The molecule has 2 aromatic carbocycles. The number of likely N-dealkylation sites (tertiary alicyclic amines) is 1. The van der Waals surface area contributed by atoms with Gasteiger partial charge in [0.15, 0.2) is 11.6 Å². The first-order valence-electron chi connectivity index (χ1n) is 10.9. The van der Waals surface area contributed by atoms with Gasteiger partial charge in [0.1, 0.15) is 0 Å². The van der Waals surface area contributed by atoms with E-state index in [1.165, 1.54) is 6.07 Å². The normalized spacial score (nSPS) is 24.7. The Balaban J connectivity index is 1.49.